The van der Waals surface area contributed by atoms with Crippen LogP contribution in [0, 0.1) is 11.6 Å². The molecule has 2 unspecified atom stereocenters. The number of alkyl halides is 1. The molecule has 204 valence electrons. The molecular formula is C28H35Cl2F2NO3S. The van der Waals surface area contributed by atoms with Crippen molar-refractivity contribution >= 4 is 35.1 Å². The summed E-state index contributed by atoms with van der Waals surface area (Å²) >= 11 is 12.7. The first-order valence-electron chi connectivity index (χ1n) is 12.3. The Morgan fingerprint density at radius 2 is 1.73 bits per heavy atom. The third kappa shape index (κ3) is 9.80. The first-order chi connectivity index (χ1) is 17.7. The van der Waals surface area contributed by atoms with Crippen molar-refractivity contribution in [2.24, 2.45) is 0 Å². The third-order valence-electron chi connectivity index (χ3n) is 5.27. The van der Waals surface area contributed by atoms with Gasteiger partial charge in [-0.2, -0.15) is 0 Å². The summed E-state index contributed by atoms with van der Waals surface area (Å²) in [4.78, 5) is 0.479. The summed E-state index contributed by atoms with van der Waals surface area (Å²) in [6.45, 7) is 14.0. The van der Waals surface area contributed by atoms with Crippen LogP contribution in [0.3, 0.4) is 0 Å². The fourth-order valence-corrected chi connectivity index (χ4v) is 4.71. The summed E-state index contributed by atoms with van der Waals surface area (Å²) in [7, 11) is 0. The molecule has 4 rings (SSSR count). The van der Waals surface area contributed by atoms with E-state index in [2.05, 4.69) is 10.9 Å². The first-order valence-corrected chi connectivity index (χ1v) is 13.9. The molecule has 0 radical (unpaired) electrons. The minimum Gasteiger partial charge on any atom is -0.444 e. The van der Waals surface area contributed by atoms with E-state index in [9.17, 15) is 8.78 Å². The zero-order valence-electron chi connectivity index (χ0n) is 21.7. The van der Waals surface area contributed by atoms with E-state index in [4.69, 9.17) is 37.4 Å². The number of benzene rings is 2. The van der Waals surface area contributed by atoms with E-state index in [1.165, 1.54) is 30.1 Å². The van der Waals surface area contributed by atoms with Crippen molar-refractivity contribution in [3.63, 3.8) is 0 Å². The zero-order chi connectivity index (χ0) is 27.4. The summed E-state index contributed by atoms with van der Waals surface area (Å²) in [5, 5.41) is 0.774. The largest absolute Gasteiger partial charge is 0.444 e. The van der Waals surface area contributed by atoms with Crippen molar-refractivity contribution in [3.05, 3.63) is 77.4 Å². The Labute approximate surface area is 233 Å². The lowest BCUT2D eigenvalue weighted by atomic mass is 10.1. The molecule has 0 amide bonds. The summed E-state index contributed by atoms with van der Waals surface area (Å²) in [6.07, 6.45) is 5.55. The number of ether oxygens (including phenoxy) is 3. The molecule has 0 bridgehead atoms. The monoisotopic (exact) mass is 573 g/mol. The second-order valence-corrected chi connectivity index (χ2v) is 10.4. The third-order valence-corrected chi connectivity index (χ3v) is 6.95. The Morgan fingerprint density at radius 1 is 1.14 bits per heavy atom. The Hall–Kier alpha value is -1.77. The molecular weight excluding hydrogens is 539 g/mol. The van der Waals surface area contributed by atoms with Gasteiger partial charge in [-0.3, -0.25) is 0 Å². The van der Waals surface area contributed by atoms with Crippen LogP contribution in [0.15, 0.2) is 65.1 Å². The van der Waals surface area contributed by atoms with Gasteiger partial charge in [-0.1, -0.05) is 44.2 Å². The van der Waals surface area contributed by atoms with Crippen LogP contribution >= 0.6 is 35.1 Å². The van der Waals surface area contributed by atoms with Crippen LogP contribution in [-0.4, -0.2) is 36.0 Å². The molecule has 4 nitrogen and oxygen atoms in total. The topological polar surface area (TPSA) is 30.9 Å². The van der Waals surface area contributed by atoms with Crippen molar-refractivity contribution in [3.8, 4) is 11.5 Å². The van der Waals surface area contributed by atoms with E-state index in [1.807, 2.05) is 32.9 Å². The lowest BCUT2D eigenvalue weighted by molar-refractivity contribution is -0.0681. The summed E-state index contributed by atoms with van der Waals surface area (Å²) in [5.41, 5.74) is 0.660. The van der Waals surface area contributed by atoms with Crippen LogP contribution in [-0.2, 0) is 10.5 Å². The number of allylic oxidation sites excluding steroid dienone is 3. The number of nitrogens with zero attached hydrogens (tertiary/aromatic N) is 1. The smallest absolute Gasteiger partial charge is 0.275 e. The van der Waals surface area contributed by atoms with Crippen molar-refractivity contribution < 1.29 is 23.0 Å². The van der Waals surface area contributed by atoms with Crippen molar-refractivity contribution in [1.82, 2.24) is 4.31 Å². The molecule has 2 aliphatic rings. The second-order valence-electron chi connectivity index (χ2n) is 8.12. The average Bonchev–Trinajstić information content (AvgIpc) is 3.21. The maximum absolute atomic E-state index is 14.4. The van der Waals surface area contributed by atoms with Crippen LogP contribution in [0.4, 0.5) is 8.78 Å². The van der Waals surface area contributed by atoms with Gasteiger partial charge in [0.05, 0.1) is 23.5 Å². The van der Waals surface area contributed by atoms with Gasteiger partial charge in [0.15, 0.2) is 11.5 Å². The highest BCUT2D eigenvalue weighted by Gasteiger charge is 2.39. The quantitative estimate of drug-likeness (QED) is 0.188. The van der Waals surface area contributed by atoms with Gasteiger partial charge < -0.3 is 14.2 Å². The maximum atomic E-state index is 14.4. The molecule has 0 aliphatic carbocycles. The number of fused-ring (bicyclic) bond motifs is 1. The van der Waals surface area contributed by atoms with Gasteiger partial charge in [-0.25, -0.2) is 13.1 Å². The lowest BCUT2D eigenvalue weighted by Gasteiger charge is -2.25. The van der Waals surface area contributed by atoms with Crippen molar-refractivity contribution in [2.75, 3.05) is 26.3 Å². The van der Waals surface area contributed by atoms with Crippen LogP contribution < -0.4 is 9.47 Å². The molecule has 1 saturated heterocycles. The fourth-order valence-electron chi connectivity index (χ4n) is 3.43. The van der Waals surface area contributed by atoms with E-state index in [0.717, 1.165) is 25.9 Å². The Bertz CT molecular complexity index is 1030. The molecule has 0 spiro atoms. The summed E-state index contributed by atoms with van der Waals surface area (Å²) < 4.78 is 46.7. The van der Waals surface area contributed by atoms with E-state index in [-0.39, 0.29) is 17.0 Å². The minimum atomic E-state index is -1.11. The number of hydrogen-bond acceptors (Lipinski definition) is 5. The molecule has 0 aromatic heterocycles. The predicted octanol–water partition coefficient (Wildman–Crippen LogP) is 8.68. The molecule has 2 aromatic carbocycles. The second kappa shape index (κ2) is 15.6. The average molecular weight is 575 g/mol. The van der Waals surface area contributed by atoms with Crippen molar-refractivity contribution in [1.29, 1.82) is 0 Å². The highest BCUT2D eigenvalue weighted by Crippen LogP contribution is 2.46. The normalized spacial score (nSPS) is 19.5. The first kappa shape index (κ1) is 31.4. The molecule has 2 atom stereocenters. The standard InChI is InChI=1S/C18H17F2NO3S.C8H12Cl2.C2H6/c1-18(12-2-4-13(19)5-3-12)23-15-10-14(20)17(11-16(15)24-18)25-21-6-8-22-9-7-21;1-3-4-8(10)6-5-7(2)9;1-2/h2-5,10-11H,6-9H2,1H3;3-4,8H,2,5-6H2,1H3;1-2H3/b;4-3-;. The summed E-state index contributed by atoms with van der Waals surface area (Å²) in [6, 6.07) is 8.88. The van der Waals surface area contributed by atoms with E-state index < -0.39 is 5.79 Å². The Kier molecular flexibility index (Phi) is 13.3. The molecule has 1 fully saturated rings. The minimum absolute atomic E-state index is 0.0977. The van der Waals surface area contributed by atoms with Gasteiger partial charge in [0.1, 0.15) is 11.6 Å². The molecule has 2 aromatic rings. The molecule has 2 aliphatic heterocycles. The van der Waals surface area contributed by atoms with Gasteiger partial charge in [0, 0.05) is 42.7 Å². The number of morpholine rings is 1. The Balaban J connectivity index is 0.000000341. The molecule has 9 heteroatoms. The van der Waals surface area contributed by atoms with E-state index in [0.29, 0.717) is 40.2 Å². The Morgan fingerprint density at radius 3 is 2.30 bits per heavy atom. The van der Waals surface area contributed by atoms with Crippen LogP contribution in [0.5, 0.6) is 11.5 Å². The van der Waals surface area contributed by atoms with Gasteiger partial charge in [0.2, 0.25) is 0 Å². The van der Waals surface area contributed by atoms with E-state index >= 15 is 0 Å². The van der Waals surface area contributed by atoms with Crippen LogP contribution in [0.25, 0.3) is 0 Å². The van der Waals surface area contributed by atoms with Crippen molar-refractivity contribution in [2.45, 2.75) is 56.6 Å². The lowest BCUT2D eigenvalue weighted by Crippen LogP contribution is -2.31. The fraction of sp³-hybridized carbons (Fsp3) is 0.429. The maximum Gasteiger partial charge on any atom is 0.275 e. The van der Waals surface area contributed by atoms with Crippen LogP contribution in [0.1, 0.15) is 46.1 Å². The highest BCUT2D eigenvalue weighted by molar-refractivity contribution is 7.97. The SMILES string of the molecule is C=C(Cl)CCC(Cl)/C=C\C.CC.CC1(c2ccc(F)cc2)Oc2cc(F)c(SN3CCOCC3)cc2O1. The molecule has 37 heavy (non-hydrogen) atoms. The van der Waals surface area contributed by atoms with Gasteiger partial charge in [0.25, 0.3) is 5.79 Å². The van der Waals surface area contributed by atoms with Crippen LogP contribution in [0.2, 0.25) is 0 Å². The number of halogens is 4. The van der Waals surface area contributed by atoms with Gasteiger partial charge in [-0.15, -0.1) is 11.6 Å². The zero-order valence-corrected chi connectivity index (χ0v) is 24.1. The molecule has 0 saturated carbocycles. The number of rotatable bonds is 7. The van der Waals surface area contributed by atoms with Gasteiger partial charge in [-0.05, 0) is 56.0 Å². The van der Waals surface area contributed by atoms with Gasteiger partial charge >= 0.3 is 0 Å². The molecule has 2 heterocycles. The highest BCUT2D eigenvalue weighted by atomic mass is 35.5. The molecule has 0 N–H and O–H groups in total. The summed E-state index contributed by atoms with van der Waals surface area (Å²) in [5.74, 6) is -0.981. The number of hydrogen-bond donors (Lipinski definition) is 0. The predicted molar refractivity (Wildman–Crippen MR) is 150 cm³/mol. The van der Waals surface area contributed by atoms with E-state index in [1.54, 1.807) is 25.1 Å².